The molecular weight excluding hydrogens is 416 g/mol. The molecule has 7 heteroatoms. The van der Waals surface area contributed by atoms with E-state index in [1.807, 2.05) is 24.3 Å². The van der Waals surface area contributed by atoms with Crippen molar-refractivity contribution in [3.8, 4) is 0 Å². The van der Waals surface area contributed by atoms with E-state index < -0.39 is 16.0 Å². The van der Waals surface area contributed by atoms with E-state index in [1.165, 1.54) is 23.6 Å². The van der Waals surface area contributed by atoms with Crippen LogP contribution in [0, 0.1) is 0 Å². The monoisotopic (exact) mass is 430 g/mol. The molecule has 1 saturated heterocycles. The Balaban J connectivity index is 1.98. The Kier molecular flexibility index (Phi) is 3.96. The van der Waals surface area contributed by atoms with Crippen LogP contribution in [0.1, 0.15) is 19.4 Å². The van der Waals surface area contributed by atoms with Crippen LogP contribution >= 0.6 is 27.7 Å². The van der Waals surface area contributed by atoms with Crippen molar-refractivity contribution in [2.75, 3.05) is 9.80 Å². The molecule has 26 heavy (non-hydrogen) atoms. The first kappa shape index (κ1) is 17.3. The SMILES string of the molecule is CC(=O)N1C(=O)[C@@]2(S[C@@H](C)C(=O)N2c2ccc(Br)cc2)c2ccccc21. The molecule has 0 aromatic heterocycles. The Morgan fingerprint density at radius 1 is 1.12 bits per heavy atom. The van der Waals surface area contributed by atoms with Gasteiger partial charge in [0.05, 0.1) is 10.9 Å². The second kappa shape index (κ2) is 5.96. The molecule has 2 atom stereocenters. The van der Waals surface area contributed by atoms with Gasteiger partial charge in [-0.1, -0.05) is 34.1 Å². The summed E-state index contributed by atoms with van der Waals surface area (Å²) in [4.78, 5) is 40.1. The van der Waals surface area contributed by atoms with Crippen molar-refractivity contribution >= 4 is 56.8 Å². The number of halogens is 1. The van der Waals surface area contributed by atoms with Crippen molar-refractivity contribution in [2.45, 2.75) is 24.0 Å². The smallest absolute Gasteiger partial charge is 0.275 e. The summed E-state index contributed by atoms with van der Waals surface area (Å²) in [6, 6.07) is 14.4. The van der Waals surface area contributed by atoms with E-state index in [1.54, 1.807) is 36.1 Å². The zero-order valence-corrected chi connectivity index (χ0v) is 16.5. The van der Waals surface area contributed by atoms with Crippen LogP contribution in [-0.2, 0) is 19.3 Å². The molecule has 0 N–H and O–H groups in total. The average molecular weight is 431 g/mol. The number of nitrogens with zero attached hydrogens (tertiary/aromatic N) is 2. The van der Waals surface area contributed by atoms with Gasteiger partial charge in [-0.2, -0.15) is 0 Å². The van der Waals surface area contributed by atoms with Gasteiger partial charge in [0.15, 0.2) is 0 Å². The number of hydrogen-bond acceptors (Lipinski definition) is 4. The molecule has 5 nitrogen and oxygen atoms in total. The summed E-state index contributed by atoms with van der Waals surface area (Å²) in [5, 5.41) is -0.400. The fraction of sp³-hybridized carbons (Fsp3) is 0.211. The predicted octanol–water partition coefficient (Wildman–Crippen LogP) is 3.66. The lowest BCUT2D eigenvalue weighted by atomic mass is 10.0. The molecule has 1 spiro atoms. The number of fused-ring (bicyclic) bond motifs is 2. The normalized spacial score (nSPS) is 24.5. The van der Waals surface area contributed by atoms with Gasteiger partial charge in [-0.05, 0) is 37.3 Å². The highest BCUT2D eigenvalue weighted by atomic mass is 79.9. The van der Waals surface area contributed by atoms with E-state index in [0.717, 1.165) is 4.47 Å². The quantitative estimate of drug-likeness (QED) is 0.692. The van der Waals surface area contributed by atoms with E-state index in [-0.39, 0.29) is 11.8 Å². The van der Waals surface area contributed by atoms with Crippen molar-refractivity contribution < 1.29 is 14.4 Å². The molecule has 2 aliphatic heterocycles. The predicted molar refractivity (Wildman–Crippen MR) is 105 cm³/mol. The van der Waals surface area contributed by atoms with Crippen LogP contribution in [0.3, 0.4) is 0 Å². The summed E-state index contributed by atoms with van der Waals surface area (Å²) in [7, 11) is 0. The summed E-state index contributed by atoms with van der Waals surface area (Å²) in [5.41, 5.74) is 1.84. The Labute approximate surface area is 163 Å². The van der Waals surface area contributed by atoms with Crippen LogP contribution in [0.4, 0.5) is 11.4 Å². The molecule has 2 heterocycles. The number of thioether (sulfide) groups is 1. The minimum absolute atomic E-state index is 0.147. The molecular formula is C19H15BrN2O3S. The number of imide groups is 1. The summed E-state index contributed by atoms with van der Waals surface area (Å²) >= 11 is 4.68. The topological polar surface area (TPSA) is 57.7 Å². The van der Waals surface area contributed by atoms with E-state index in [0.29, 0.717) is 16.9 Å². The van der Waals surface area contributed by atoms with Gasteiger partial charge in [0.1, 0.15) is 0 Å². The third kappa shape index (κ3) is 2.20. The number of para-hydroxylation sites is 1. The lowest BCUT2D eigenvalue weighted by molar-refractivity contribution is -0.128. The summed E-state index contributed by atoms with van der Waals surface area (Å²) < 4.78 is 0.881. The van der Waals surface area contributed by atoms with Crippen molar-refractivity contribution in [1.82, 2.24) is 0 Å². The van der Waals surface area contributed by atoms with Crippen LogP contribution < -0.4 is 9.80 Å². The highest BCUT2D eigenvalue weighted by molar-refractivity contribution is 9.10. The molecule has 2 aromatic rings. The number of benzene rings is 2. The molecule has 3 amide bonds. The first-order valence-corrected chi connectivity index (χ1v) is 9.77. The minimum atomic E-state index is -1.26. The Hall–Kier alpha value is -2.12. The van der Waals surface area contributed by atoms with E-state index in [9.17, 15) is 14.4 Å². The Morgan fingerprint density at radius 2 is 1.77 bits per heavy atom. The number of carbonyl (C=O) groups is 3. The van der Waals surface area contributed by atoms with Crippen LogP contribution in [-0.4, -0.2) is 23.0 Å². The van der Waals surface area contributed by atoms with Crippen LogP contribution in [0.15, 0.2) is 53.0 Å². The van der Waals surface area contributed by atoms with Crippen molar-refractivity contribution in [1.29, 1.82) is 0 Å². The third-order valence-electron chi connectivity index (χ3n) is 4.63. The van der Waals surface area contributed by atoms with Crippen LogP contribution in [0.25, 0.3) is 0 Å². The molecule has 2 aliphatic rings. The third-order valence-corrected chi connectivity index (χ3v) is 6.64. The molecule has 0 radical (unpaired) electrons. The fourth-order valence-corrected chi connectivity index (χ4v) is 5.34. The maximum Gasteiger partial charge on any atom is 0.275 e. The van der Waals surface area contributed by atoms with E-state index >= 15 is 0 Å². The Morgan fingerprint density at radius 3 is 2.42 bits per heavy atom. The highest BCUT2D eigenvalue weighted by Gasteiger charge is 2.63. The van der Waals surface area contributed by atoms with Gasteiger partial charge in [0.25, 0.3) is 5.91 Å². The lowest BCUT2D eigenvalue weighted by Crippen LogP contribution is -2.50. The zero-order valence-electron chi connectivity index (χ0n) is 14.1. The average Bonchev–Trinajstić information content (AvgIpc) is 3.02. The standard InChI is InChI=1S/C19H15BrN2O3S/c1-11-17(24)22(14-9-7-13(20)8-10-14)19(26-11)15-5-3-4-6-16(15)21(12(2)23)18(19)25/h3-11H,1-2H3/t11-,19-/m0/s1. The number of anilines is 2. The number of carbonyl (C=O) groups excluding carboxylic acids is 3. The zero-order chi connectivity index (χ0) is 18.6. The van der Waals surface area contributed by atoms with Crippen molar-refractivity contribution in [3.05, 3.63) is 58.6 Å². The van der Waals surface area contributed by atoms with Crippen LogP contribution in [0.5, 0.6) is 0 Å². The van der Waals surface area contributed by atoms with Gasteiger partial charge < -0.3 is 0 Å². The lowest BCUT2D eigenvalue weighted by Gasteiger charge is -2.32. The maximum absolute atomic E-state index is 13.5. The van der Waals surface area contributed by atoms with E-state index in [2.05, 4.69) is 15.9 Å². The summed E-state index contributed by atoms with van der Waals surface area (Å²) in [6.45, 7) is 3.16. The van der Waals surface area contributed by atoms with Gasteiger partial charge in [-0.25, -0.2) is 4.90 Å². The fourth-order valence-electron chi connectivity index (χ4n) is 3.57. The first-order valence-electron chi connectivity index (χ1n) is 8.10. The molecule has 0 aliphatic carbocycles. The largest absolute Gasteiger partial charge is 0.283 e. The van der Waals surface area contributed by atoms with Crippen molar-refractivity contribution in [2.24, 2.45) is 0 Å². The minimum Gasteiger partial charge on any atom is -0.283 e. The molecule has 2 aromatic carbocycles. The van der Waals surface area contributed by atoms with Crippen molar-refractivity contribution in [3.63, 3.8) is 0 Å². The van der Waals surface area contributed by atoms with Gasteiger partial charge >= 0.3 is 0 Å². The molecule has 132 valence electrons. The maximum atomic E-state index is 13.5. The summed E-state index contributed by atoms with van der Waals surface area (Å²) in [5.74, 6) is -0.898. The van der Waals surface area contributed by atoms with Gasteiger partial charge in [-0.15, -0.1) is 11.8 Å². The number of hydrogen-bond donors (Lipinski definition) is 0. The van der Waals surface area contributed by atoms with Gasteiger partial charge in [0, 0.05) is 22.6 Å². The Bertz CT molecular complexity index is 946. The van der Waals surface area contributed by atoms with Gasteiger partial charge in [-0.3, -0.25) is 19.3 Å². The highest BCUT2D eigenvalue weighted by Crippen LogP contribution is 2.57. The van der Waals surface area contributed by atoms with Crippen LogP contribution in [0.2, 0.25) is 0 Å². The molecule has 1 fully saturated rings. The second-order valence-electron chi connectivity index (χ2n) is 6.23. The molecule has 0 saturated carbocycles. The van der Waals surface area contributed by atoms with Gasteiger partial charge in [0.2, 0.25) is 16.7 Å². The molecule has 4 rings (SSSR count). The first-order chi connectivity index (χ1) is 12.4. The molecule has 0 bridgehead atoms. The number of amides is 3. The summed E-state index contributed by atoms with van der Waals surface area (Å²) in [6.07, 6.45) is 0. The van der Waals surface area contributed by atoms with E-state index in [4.69, 9.17) is 0 Å². The molecule has 0 unspecified atom stereocenters. The second-order valence-corrected chi connectivity index (χ2v) is 8.68. The number of rotatable bonds is 1.